The average molecular weight is 581 g/mol. The molecule has 0 spiro atoms. The van der Waals surface area contributed by atoms with Gasteiger partial charge in [-0.25, -0.2) is 14.8 Å². The Morgan fingerprint density at radius 1 is 0.929 bits per heavy atom. The van der Waals surface area contributed by atoms with E-state index in [4.69, 9.17) is 14.7 Å². The molecule has 1 aromatic carbocycles. The van der Waals surface area contributed by atoms with E-state index in [2.05, 4.69) is 14.7 Å². The molecule has 6 rings (SSSR count). The number of anilines is 2. The number of pyridine rings is 1. The molecule has 5 heterocycles. The van der Waals surface area contributed by atoms with Crippen LogP contribution in [0.2, 0.25) is 0 Å². The third-order valence-corrected chi connectivity index (χ3v) is 7.44. The summed E-state index contributed by atoms with van der Waals surface area (Å²) in [5, 5.41) is 5.62. The van der Waals surface area contributed by atoms with Gasteiger partial charge in [0.25, 0.3) is 0 Å². The Kier molecular flexibility index (Phi) is 7.50. The first-order chi connectivity index (χ1) is 20.3. The molecular formula is C29H27F3N6O4. The minimum absolute atomic E-state index is 0.204. The summed E-state index contributed by atoms with van der Waals surface area (Å²) in [6.45, 7) is 3.26. The number of rotatable bonds is 5. The third-order valence-electron chi connectivity index (χ3n) is 7.44. The second-order valence-corrected chi connectivity index (χ2v) is 10.1. The Morgan fingerprint density at radius 2 is 1.69 bits per heavy atom. The van der Waals surface area contributed by atoms with Crippen LogP contribution in [0.5, 0.6) is 0 Å². The molecule has 218 valence electrons. The van der Waals surface area contributed by atoms with Crippen LogP contribution in [0.3, 0.4) is 0 Å². The Labute approximate surface area is 238 Å². The summed E-state index contributed by atoms with van der Waals surface area (Å²) in [5.41, 5.74) is 3.80. The summed E-state index contributed by atoms with van der Waals surface area (Å²) in [5.74, 6) is -3.80. The van der Waals surface area contributed by atoms with Crippen LogP contribution in [-0.4, -0.2) is 77.1 Å². The zero-order valence-electron chi connectivity index (χ0n) is 22.5. The summed E-state index contributed by atoms with van der Waals surface area (Å²) < 4.78 is 49.1. The number of hydrogen-bond acceptors (Lipinski definition) is 9. The number of aromatic nitrogens is 4. The van der Waals surface area contributed by atoms with Gasteiger partial charge in [0.05, 0.1) is 42.2 Å². The molecule has 2 saturated heterocycles. The van der Waals surface area contributed by atoms with E-state index >= 15 is 0 Å². The number of ether oxygens (including phenoxy) is 2. The fourth-order valence-electron chi connectivity index (χ4n) is 5.30. The van der Waals surface area contributed by atoms with Gasteiger partial charge >= 0.3 is 18.1 Å². The van der Waals surface area contributed by atoms with Gasteiger partial charge in [-0.1, -0.05) is 24.3 Å². The molecule has 0 radical (unpaired) electrons. The molecule has 0 saturated carbocycles. The quantitative estimate of drug-likeness (QED) is 0.255. The van der Waals surface area contributed by atoms with Crippen LogP contribution in [0.25, 0.3) is 28.7 Å². The lowest BCUT2D eigenvalue weighted by molar-refractivity contribution is -0.203. The van der Waals surface area contributed by atoms with E-state index in [9.17, 15) is 22.8 Å². The van der Waals surface area contributed by atoms with Crippen molar-refractivity contribution in [3.63, 3.8) is 0 Å². The van der Waals surface area contributed by atoms with Gasteiger partial charge in [0.2, 0.25) is 0 Å². The first kappa shape index (κ1) is 27.6. The monoisotopic (exact) mass is 580 g/mol. The lowest BCUT2D eigenvalue weighted by Crippen LogP contribution is -2.39. The normalized spacial score (nSPS) is 16.9. The van der Waals surface area contributed by atoms with Gasteiger partial charge in [-0.2, -0.15) is 22.8 Å². The molecule has 2 fully saturated rings. The van der Waals surface area contributed by atoms with Crippen LogP contribution < -0.4 is 9.80 Å². The van der Waals surface area contributed by atoms with Crippen LogP contribution >= 0.6 is 0 Å². The minimum Gasteiger partial charge on any atom is -0.386 e. The van der Waals surface area contributed by atoms with Crippen molar-refractivity contribution in [2.24, 2.45) is 5.92 Å². The molecule has 0 unspecified atom stereocenters. The van der Waals surface area contributed by atoms with Crippen LogP contribution in [0, 0.1) is 5.92 Å². The van der Waals surface area contributed by atoms with Crippen molar-refractivity contribution >= 4 is 52.1 Å². The molecule has 0 atom stereocenters. The second kappa shape index (κ2) is 11.4. The topological polar surface area (TPSA) is 102 Å². The number of fused-ring (bicyclic) bond motifs is 2. The number of nitrogens with zero attached hydrogens (tertiary/aromatic N) is 6. The largest absolute Gasteiger partial charge is 0.491 e. The van der Waals surface area contributed by atoms with Gasteiger partial charge in [-0.3, -0.25) is 4.79 Å². The number of para-hydroxylation sites is 1. The second-order valence-electron chi connectivity index (χ2n) is 10.1. The zero-order chi connectivity index (χ0) is 29.3. The first-order valence-corrected chi connectivity index (χ1v) is 13.6. The molecule has 2 aliphatic heterocycles. The highest BCUT2D eigenvalue weighted by Gasteiger charge is 2.43. The van der Waals surface area contributed by atoms with Crippen LogP contribution in [0.4, 0.5) is 24.7 Å². The standard InChI is InChI=1S/C29H27F3N6O4/c30-29(31,32)28(40)42-27(39)20-10-13-37(14-11-20)26-23(8-7-21-6-5-19-3-1-2-4-22(19)34-21)35-25-24(9-12-33-38(25)26)36-15-17-41-18-16-36/h1-9,12,20H,10-11,13-18H2/b8-7+. The van der Waals surface area contributed by atoms with Crippen molar-refractivity contribution in [3.8, 4) is 0 Å². The Morgan fingerprint density at radius 3 is 2.45 bits per heavy atom. The molecule has 0 N–H and O–H groups in total. The molecular weight excluding hydrogens is 553 g/mol. The van der Waals surface area contributed by atoms with Crippen molar-refractivity contribution in [2.45, 2.75) is 19.0 Å². The van der Waals surface area contributed by atoms with Crippen molar-refractivity contribution in [1.29, 1.82) is 0 Å². The Bertz CT molecular complexity index is 1660. The summed E-state index contributed by atoms with van der Waals surface area (Å²) >= 11 is 0. The predicted octanol–water partition coefficient (Wildman–Crippen LogP) is 4.13. The van der Waals surface area contributed by atoms with Crippen molar-refractivity contribution in [2.75, 3.05) is 49.2 Å². The first-order valence-electron chi connectivity index (χ1n) is 13.6. The number of benzene rings is 1. The lowest BCUT2D eigenvalue weighted by Gasteiger charge is -2.32. The fourth-order valence-corrected chi connectivity index (χ4v) is 5.30. The van der Waals surface area contributed by atoms with Gasteiger partial charge in [-0.05, 0) is 43.2 Å². The summed E-state index contributed by atoms with van der Waals surface area (Å²) in [4.78, 5) is 37.3. The number of esters is 2. The smallest absolute Gasteiger partial charge is 0.386 e. The fraction of sp³-hybridized carbons (Fsp3) is 0.345. The molecule has 2 aliphatic rings. The molecule has 0 aliphatic carbocycles. The van der Waals surface area contributed by atoms with Gasteiger partial charge < -0.3 is 19.3 Å². The number of hydrogen-bond donors (Lipinski definition) is 0. The number of morpholine rings is 1. The van der Waals surface area contributed by atoms with E-state index in [-0.39, 0.29) is 12.8 Å². The van der Waals surface area contributed by atoms with Gasteiger partial charge in [-0.15, -0.1) is 0 Å². The van der Waals surface area contributed by atoms with Crippen LogP contribution in [0.15, 0.2) is 48.7 Å². The zero-order valence-corrected chi connectivity index (χ0v) is 22.5. The molecule has 3 aromatic heterocycles. The third kappa shape index (κ3) is 5.64. The highest BCUT2D eigenvalue weighted by Crippen LogP contribution is 2.32. The number of carbonyl (C=O) groups excluding carboxylic acids is 2. The lowest BCUT2D eigenvalue weighted by atomic mass is 9.97. The van der Waals surface area contributed by atoms with Crippen molar-refractivity contribution in [1.82, 2.24) is 19.6 Å². The predicted molar refractivity (Wildman–Crippen MR) is 149 cm³/mol. The van der Waals surface area contributed by atoms with E-state index in [0.29, 0.717) is 56.6 Å². The maximum atomic E-state index is 12.6. The maximum absolute atomic E-state index is 12.6. The van der Waals surface area contributed by atoms with Crippen molar-refractivity contribution < 1.29 is 32.2 Å². The highest BCUT2D eigenvalue weighted by molar-refractivity contribution is 5.89. The highest BCUT2D eigenvalue weighted by atomic mass is 19.4. The SMILES string of the molecule is O=C(OC(=O)C(F)(F)F)C1CCN(c2c(/C=C/c3ccc4ccccc4n3)nc3c(N4CCOCC4)ccnn23)CC1. The van der Waals surface area contributed by atoms with Crippen molar-refractivity contribution in [3.05, 3.63) is 60.0 Å². The summed E-state index contributed by atoms with van der Waals surface area (Å²) in [6, 6.07) is 13.7. The number of piperidine rings is 1. The van der Waals surface area contributed by atoms with Crippen LogP contribution in [0.1, 0.15) is 24.2 Å². The van der Waals surface area contributed by atoms with Gasteiger partial charge in [0.15, 0.2) is 11.5 Å². The number of alkyl halides is 3. The minimum atomic E-state index is -5.22. The number of imidazole rings is 1. The van der Waals surface area contributed by atoms with E-state index < -0.39 is 24.0 Å². The number of halogens is 3. The summed E-state index contributed by atoms with van der Waals surface area (Å²) in [6.07, 6.45) is 0.628. The Balaban J connectivity index is 1.31. The molecule has 13 heteroatoms. The van der Waals surface area contributed by atoms with E-state index in [1.807, 2.05) is 59.5 Å². The van der Waals surface area contributed by atoms with Crippen LogP contribution in [-0.2, 0) is 19.1 Å². The molecule has 0 amide bonds. The molecule has 0 bridgehead atoms. The molecule has 42 heavy (non-hydrogen) atoms. The average Bonchev–Trinajstić information content (AvgIpc) is 3.38. The Hall–Kier alpha value is -4.52. The molecule has 10 nitrogen and oxygen atoms in total. The van der Waals surface area contributed by atoms with Gasteiger partial charge in [0.1, 0.15) is 5.69 Å². The summed E-state index contributed by atoms with van der Waals surface area (Å²) in [7, 11) is 0. The number of carbonyl (C=O) groups is 2. The van der Waals surface area contributed by atoms with E-state index in [0.717, 1.165) is 22.3 Å². The molecule has 4 aromatic rings. The van der Waals surface area contributed by atoms with E-state index in [1.165, 1.54) is 0 Å². The van der Waals surface area contributed by atoms with E-state index in [1.54, 1.807) is 10.7 Å². The maximum Gasteiger partial charge on any atom is 0.491 e. The van der Waals surface area contributed by atoms with Gasteiger partial charge in [0, 0.05) is 31.6 Å².